The lowest BCUT2D eigenvalue weighted by atomic mass is 10.2. The predicted octanol–water partition coefficient (Wildman–Crippen LogP) is 2.30. The Morgan fingerprint density at radius 2 is 2.07 bits per heavy atom. The number of nitriles is 1. The summed E-state index contributed by atoms with van der Waals surface area (Å²) >= 11 is 0. The number of benzene rings is 1. The van der Waals surface area contributed by atoms with Crippen molar-refractivity contribution in [3.05, 3.63) is 30.0 Å². The first-order valence-corrected chi connectivity index (χ1v) is 3.90. The largest absolute Gasteiger partial charge is 0.282 e. The highest BCUT2D eigenvalue weighted by molar-refractivity contribution is 5.82. The molecular formula is C9H5F2N3. The highest BCUT2D eigenvalue weighted by Crippen LogP contribution is 2.26. The number of alkyl halides is 2. The molecule has 0 saturated carbocycles. The zero-order valence-electron chi connectivity index (χ0n) is 6.98. The van der Waals surface area contributed by atoms with Crippen LogP contribution >= 0.6 is 0 Å². The van der Waals surface area contributed by atoms with Gasteiger partial charge in [0.2, 0.25) is 6.19 Å². The van der Waals surface area contributed by atoms with Crippen molar-refractivity contribution < 1.29 is 8.78 Å². The fraction of sp³-hybridized carbons (Fsp3) is 0.111. The number of halogens is 2. The van der Waals surface area contributed by atoms with Crippen molar-refractivity contribution in [2.24, 2.45) is 0 Å². The van der Waals surface area contributed by atoms with Gasteiger partial charge in [-0.05, 0) is 6.07 Å². The minimum Gasteiger partial charge on any atom is -0.203 e. The van der Waals surface area contributed by atoms with E-state index in [4.69, 9.17) is 5.26 Å². The Kier molecular flexibility index (Phi) is 1.89. The maximum atomic E-state index is 12.5. The lowest BCUT2D eigenvalue weighted by Crippen LogP contribution is -1.91. The van der Waals surface area contributed by atoms with Crippen molar-refractivity contribution in [2.45, 2.75) is 6.43 Å². The Morgan fingerprint density at radius 3 is 2.71 bits per heavy atom. The van der Waals surface area contributed by atoms with Crippen molar-refractivity contribution in [3.63, 3.8) is 0 Å². The molecule has 0 unspecified atom stereocenters. The third-order valence-corrected chi connectivity index (χ3v) is 1.92. The molecular weight excluding hydrogens is 188 g/mol. The van der Waals surface area contributed by atoms with Gasteiger partial charge in [0.25, 0.3) is 6.43 Å². The minimum absolute atomic E-state index is 0.323. The van der Waals surface area contributed by atoms with E-state index >= 15 is 0 Å². The van der Waals surface area contributed by atoms with Crippen LogP contribution in [0, 0.1) is 11.5 Å². The zero-order valence-corrected chi connectivity index (χ0v) is 6.98. The van der Waals surface area contributed by atoms with Gasteiger partial charge in [0.1, 0.15) is 5.69 Å². The Morgan fingerprint density at radius 1 is 1.36 bits per heavy atom. The number of hydrogen-bond donors (Lipinski definition) is 0. The molecule has 2 rings (SSSR count). The van der Waals surface area contributed by atoms with Crippen LogP contribution in [0.5, 0.6) is 0 Å². The summed E-state index contributed by atoms with van der Waals surface area (Å²) in [6.07, 6.45) is -0.940. The van der Waals surface area contributed by atoms with Crippen LogP contribution in [0.4, 0.5) is 8.78 Å². The van der Waals surface area contributed by atoms with E-state index in [0.29, 0.717) is 10.9 Å². The van der Waals surface area contributed by atoms with Gasteiger partial charge in [-0.3, -0.25) is 0 Å². The predicted molar refractivity (Wildman–Crippen MR) is 45.7 cm³/mol. The smallest absolute Gasteiger partial charge is 0.203 e. The zero-order chi connectivity index (χ0) is 10.1. The fourth-order valence-electron chi connectivity index (χ4n) is 1.33. The number of fused-ring (bicyclic) bond motifs is 1. The minimum atomic E-state index is -2.66. The average Bonchev–Trinajstić information content (AvgIpc) is 2.56. The summed E-state index contributed by atoms with van der Waals surface area (Å²) < 4.78 is 25.8. The first-order chi connectivity index (χ1) is 6.74. The molecule has 1 aromatic carbocycles. The maximum Gasteiger partial charge on any atom is 0.282 e. The SMILES string of the molecule is N#Cn1nc(C(F)F)c2ccccc21. The Balaban J connectivity index is 2.82. The molecule has 1 aromatic heterocycles. The van der Waals surface area contributed by atoms with E-state index in [1.807, 2.05) is 0 Å². The van der Waals surface area contributed by atoms with Crippen LogP contribution < -0.4 is 0 Å². The molecule has 0 N–H and O–H groups in total. The van der Waals surface area contributed by atoms with Gasteiger partial charge < -0.3 is 0 Å². The molecule has 0 atom stereocenters. The molecule has 0 aliphatic rings. The second kappa shape index (κ2) is 3.07. The van der Waals surface area contributed by atoms with E-state index in [-0.39, 0.29) is 5.69 Å². The van der Waals surface area contributed by atoms with Crippen molar-refractivity contribution in [3.8, 4) is 6.19 Å². The van der Waals surface area contributed by atoms with Crippen molar-refractivity contribution in [2.75, 3.05) is 0 Å². The molecule has 3 nitrogen and oxygen atoms in total. The third kappa shape index (κ3) is 1.12. The summed E-state index contributed by atoms with van der Waals surface area (Å²) in [6, 6.07) is 6.42. The van der Waals surface area contributed by atoms with E-state index in [1.54, 1.807) is 24.4 Å². The maximum absolute atomic E-state index is 12.5. The molecule has 0 amide bonds. The van der Waals surface area contributed by atoms with Crippen LogP contribution in [0.1, 0.15) is 12.1 Å². The molecule has 2 aromatic rings. The molecule has 0 spiro atoms. The van der Waals surface area contributed by atoms with Crippen LogP contribution in [0.15, 0.2) is 24.3 Å². The highest BCUT2D eigenvalue weighted by Gasteiger charge is 2.17. The molecule has 0 aliphatic heterocycles. The van der Waals surface area contributed by atoms with E-state index in [9.17, 15) is 8.78 Å². The van der Waals surface area contributed by atoms with Crippen LogP contribution in [0.3, 0.4) is 0 Å². The molecule has 0 saturated heterocycles. The second-order valence-electron chi connectivity index (χ2n) is 2.71. The topological polar surface area (TPSA) is 41.6 Å². The van der Waals surface area contributed by atoms with Crippen molar-refractivity contribution in [1.29, 1.82) is 5.26 Å². The first-order valence-electron chi connectivity index (χ1n) is 3.90. The van der Waals surface area contributed by atoms with Crippen molar-refractivity contribution >= 4 is 10.9 Å². The Hall–Kier alpha value is -1.96. The summed E-state index contributed by atoms with van der Waals surface area (Å²) in [5.41, 5.74) is 0.0625. The van der Waals surface area contributed by atoms with Gasteiger partial charge in [0.15, 0.2) is 0 Å². The van der Waals surface area contributed by atoms with Gasteiger partial charge in [0.05, 0.1) is 5.52 Å². The second-order valence-corrected chi connectivity index (χ2v) is 2.71. The molecule has 0 aliphatic carbocycles. The van der Waals surface area contributed by atoms with Crippen LogP contribution in [0.2, 0.25) is 0 Å². The molecule has 0 bridgehead atoms. The number of hydrogen-bond acceptors (Lipinski definition) is 2. The molecule has 0 fully saturated rings. The lowest BCUT2D eigenvalue weighted by molar-refractivity contribution is 0.147. The Bertz CT molecular complexity index is 510. The first kappa shape index (κ1) is 8.63. The summed E-state index contributed by atoms with van der Waals surface area (Å²) in [7, 11) is 0. The average molecular weight is 193 g/mol. The van der Waals surface area contributed by atoms with Gasteiger partial charge in [-0.25, -0.2) is 8.78 Å². The number of aromatic nitrogens is 2. The molecule has 14 heavy (non-hydrogen) atoms. The number of para-hydroxylation sites is 1. The number of rotatable bonds is 1. The standard InChI is InChI=1S/C9H5F2N3/c10-9(11)8-6-3-1-2-4-7(6)14(5-12)13-8/h1-4,9H. The van der Waals surface area contributed by atoms with E-state index in [1.165, 1.54) is 6.07 Å². The molecule has 0 radical (unpaired) electrons. The summed E-state index contributed by atoms with van der Waals surface area (Å²) in [6.45, 7) is 0. The van der Waals surface area contributed by atoms with Crippen LogP contribution in [-0.4, -0.2) is 9.78 Å². The molecule has 5 heteroatoms. The van der Waals surface area contributed by atoms with Gasteiger partial charge in [0, 0.05) is 5.39 Å². The quantitative estimate of drug-likeness (QED) is 0.697. The summed E-state index contributed by atoms with van der Waals surface area (Å²) in [4.78, 5) is 0. The van der Waals surface area contributed by atoms with Crippen molar-refractivity contribution in [1.82, 2.24) is 9.78 Å². The monoisotopic (exact) mass is 193 g/mol. The van der Waals surface area contributed by atoms with Gasteiger partial charge >= 0.3 is 0 Å². The van der Waals surface area contributed by atoms with Gasteiger partial charge in [-0.1, -0.05) is 18.2 Å². The van der Waals surface area contributed by atoms with Crippen LogP contribution in [-0.2, 0) is 0 Å². The van der Waals surface area contributed by atoms with E-state index in [2.05, 4.69) is 5.10 Å². The molecule has 70 valence electrons. The fourth-order valence-corrected chi connectivity index (χ4v) is 1.33. The Labute approximate surface area is 78.2 Å². The highest BCUT2D eigenvalue weighted by atomic mass is 19.3. The summed E-state index contributed by atoms with van der Waals surface area (Å²) in [5, 5.41) is 12.5. The van der Waals surface area contributed by atoms with Gasteiger partial charge in [-0.2, -0.15) is 15.0 Å². The molecule has 1 heterocycles. The normalized spacial score (nSPS) is 10.7. The lowest BCUT2D eigenvalue weighted by Gasteiger charge is -1.91. The van der Waals surface area contributed by atoms with Gasteiger partial charge in [-0.15, -0.1) is 0 Å². The number of nitrogens with zero attached hydrogens (tertiary/aromatic N) is 3. The van der Waals surface area contributed by atoms with E-state index in [0.717, 1.165) is 4.68 Å². The van der Waals surface area contributed by atoms with Crippen LogP contribution in [0.25, 0.3) is 10.9 Å². The van der Waals surface area contributed by atoms with E-state index < -0.39 is 6.43 Å². The summed E-state index contributed by atoms with van der Waals surface area (Å²) in [5.74, 6) is 0. The third-order valence-electron chi connectivity index (χ3n) is 1.92.